The Bertz CT molecular complexity index is 514. The molecular formula is C22H36O2. The van der Waals surface area contributed by atoms with Gasteiger partial charge in [0.1, 0.15) is 0 Å². The number of hydrogen-bond donors (Lipinski definition) is 1. The van der Waals surface area contributed by atoms with Gasteiger partial charge in [-0.05, 0) is 85.4 Å². The molecule has 0 spiro atoms. The summed E-state index contributed by atoms with van der Waals surface area (Å²) >= 11 is 0. The molecule has 24 heavy (non-hydrogen) atoms. The summed E-state index contributed by atoms with van der Waals surface area (Å²) in [5.41, 5.74) is 0.798. The van der Waals surface area contributed by atoms with Crippen LogP contribution in [0.1, 0.15) is 85.0 Å². The van der Waals surface area contributed by atoms with Crippen molar-refractivity contribution < 1.29 is 9.90 Å². The summed E-state index contributed by atoms with van der Waals surface area (Å²) in [7, 11) is 0. The van der Waals surface area contributed by atoms with Gasteiger partial charge in [0.25, 0.3) is 0 Å². The van der Waals surface area contributed by atoms with Gasteiger partial charge in [0.05, 0.1) is 5.92 Å². The minimum Gasteiger partial charge on any atom is -0.481 e. The predicted molar refractivity (Wildman–Crippen MR) is 96.6 cm³/mol. The van der Waals surface area contributed by atoms with Gasteiger partial charge in [-0.15, -0.1) is 0 Å². The minimum atomic E-state index is -0.501. The molecule has 2 nitrogen and oxygen atoms in total. The summed E-state index contributed by atoms with van der Waals surface area (Å²) in [6.45, 7) is 7.32. The second-order valence-electron chi connectivity index (χ2n) is 10.2. The first-order chi connectivity index (χ1) is 11.4. The standard InChI is InChI=1S/C22H36O2/c1-4-14-13-17(20(23)24)19-16-9-8-15-7-5-6-11-21(15,2)18(16)10-12-22(14,19)3/h14-19H,4-13H2,1-3H3,(H,23,24)/t14-,15?,16+,17?,18-,19+,21-,22+/m0/s1. The van der Waals surface area contributed by atoms with Gasteiger partial charge < -0.3 is 5.11 Å². The Morgan fingerprint density at radius 3 is 2.54 bits per heavy atom. The lowest BCUT2D eigenvalue weighted by atomic mass is 9.44. The Morgan fingerprint density at radius 1 is 1.04 bits per heavy atom. The summed E-state index contributed by atoms with van der Waals surface area (Å²) in [6.07, 6.45) is 13.1. The highest BCUT2D eigenvalue weighted by atomic mass is 16.4. The Labute approximate surface area is 147 Å². The van der Waals surface area contributed by atoms with Gasteiger partial charge in [0.15, 0.2) is 0 Å². The van der Waals surface area contributed by atoms with Gasteiger partial charge in [0.2, 0.25) is 0 Å². The third-order valence-corrected chi connectivity index (χ3v) is 9.59. The van der Waals surface area contributed by atoms with Crippen LogP contribution in [-0.2, 0) is 4.79 Å². The highest BCUT2D eigenvalue weighted by molar-refractivity contribution is 5.71. The molecule has 2 unspecified atom stereocenters. The molecule has 0 amide bonds. The average molecular weight is 333 g/mol. The van der Waals surface area contributed by atoms with Crippen molar-refractivity contribution in [2.45, 2.75) is 85.0 Å². The molecule has 0 saturated heterocycles. The molecule has 4 aliphatic rings. The first kappa shape index (κ1) is 16.9. The molecular weight excluding hydrogens is 296 g/mol. The second-order valence-corrected chi connectivity index (χ2v) is 10.2. The Hall–Kier alpha value is -0.530. The van der Waals surface area contributed by atoms with E-state index in [0.717, 1.165) is 24.7 Å². The number of rotatable bonds is 2. The average Bonchev–Trinajstić information content (AvgIpc) is 2.87. The van der Waals surface area contributed by atoms with E-state index >= 15 is 0 Å². The predicted octanol–water partition coefficient (Wildman–Crippen LogP) is 5.76. The summed E-state index contributed by atoms with van der Waals surface area (Å²) in [5, 5.41) is 9.97. The second kappa shape index (κ2) is 5.74. The number of aliphatic carboxylic acids is 1. The monoisotopic (exact) mass is 332 g/mol. The summed E-state index contributed by atoms with van der Waals surface area (Å²) in [6, 6.07) is 0. The maximum atomic E-state index is 12.1. The lowest BCUT2D eigenvalue weighted by Crippen LogP contribution is -2.54. The molecule has 8 atom stereocenters. The highest BCUT2D eigenvalue weighted by Crippen LogP contribution is 2.69. The lowest BCUT2D eigenvalue weighted by Gasteiger charge is -2.61. The van der Waals surface area contributed by atoms with Crippen molar-refractivity contribution in [2.24, 2.45) is 46.3 Å². The first-order valence-electron chi connectivity index (χ1n) is 10.6. The maximum absolute atomic E-state index is 12.1. The fourth-order valence-electron chi connectivity index (χ4n) is 8.42. The van der Waals surface area contributed by atoms with Crippen LogP contribution in [0.4, 0.5) is 0 Å². The van der Waals surface area contributed by atoms with E-state index in [1.807, 2.05) is 0 Å². The molecule has 2 heteroatoms. The quantitative estimate of drug-likeness (QED) is 0.698. The van der Waals surface area contributed by atoms with Crippen molar-refractivity contribution in [3.63, 3.8) is 0 Å². The van der Waals surface area contributed by atoms with E-state index in [1.54, 1.807) is 0 Å². The Balaban J connectivity index is 1.70. The molecule has 0 aliphatic heterocycles. The van der Waals surface area contributed by atoms with Crippen LogP contribution in [-0.4, -0.2) is 11.1 Å². The first-order valence-corrected chi connectivity index (χ1v) is 10.6. The molecule has 136 valence electrons. The van der Waals surface area contributed by atoms with Crippen LogP contribution in [0.3, 0.4) is 0 Å². The van der Waals surface area contributed by atoms with Gasteiger partial charge in [-0.2, -0.15) is 0 Å². The molecule has 0 heterocycles. The topological polar surface area (TPSA) is 37.3 Å². The summed E-state index contributed by atoms with van der Waals surface area (Å²) in [4.78, 5) is 12.1. The fourth-order valence-corrected chi connectivity index (χ4v) is 8.42. The molecule has 0 aromatic rings. The van der Waals surface area contributed by atoms with E-state index in [4.69, 9.17) is 0 Å². The zero-order valence-corrected chi connectivity index (χ0v) is 15.9. The number of hydrogen-bond acceptors (Lipinski definition) is 1. The molecule has 0 aromatic carbocycles. The molecule has 4 fully saturated rings. The highest BCUT2D eigenvalue weighted by Gasteiger charge is 2.63. The number of carbonyl (C=O) groups is 1. The van der Waals surface area contributed by atoms with Crippen molar-refractivity contribution in [1.29, 1.82) is 0 Å². The van der Waals surface area contributed by atoms with Crippen molar-refractivity contribution >= 4 is 5.97 Å². The van der Waals surface area contributed by atoms with Gasteiger partial charge in [-0.3, -0.25) is 4.79 Å². The third kappa shape index (κ3) is 2.16. The zero-order valence-electron chi connectivity index (χ0n) is 15.9. The number of fused-ring (bicyclic) bond motifs is 5. The molecule has 4 aliphatic carbocycles. The van der Waals surface area contributed by atoms with Crippen LogP contribution >= 0.6 is 0 Å². The SMILES string of the molecule is CC[C@H]1CC(C(=O)O)[C@H]2[C@@H]3CCC4CCCC[C@]4(C)[C@H]3CC[C@]12C. The smallest absolute Gasteiger partial charge is 0.306 e. The number of carboxylic acid groups (broad SMARTS) is 1. The van der Waals surface area contributed by atoms with Crippen LogP contribution < -0.4 is 0 Å². The number of carboxylic acids is 1. The summed E-state index contributed by atoms with van der Waals surface area (Å²) in [5.74, 6) is 2.89. The largest absolute Gasteiger partial charge is 0.481 e. The van der Waals surface area contributed by atoms with E-state index in [0.29, 0.717) is 23.2 Å². The molecule has 0 aromatic heterocycles. The molecule has 4 rings (SSSR count). The van der Waals surface area contributed by atoms with Crippen LogP contribution in [0, 0.1) is 46.3 Å². The van der Waals surface area contributed by atoms with Crippen LogP contribution in [0.25, 0.3) is 0 Å². The molecule has 0 bridgehead atoms. The van der Waals surface area contributed by atoms with E-state index in [2.05, 4.69) is 20.8 Å². The third-order valence-electron chi connectivity index (χ3n) is 9.59. The van der Waals surface area contributed by atoms with Gasteiger partial charge in [-0.1, -0.05) is 40.0 Å². The Morgan fingerprint density at radius 2 is 1.83 bits per heavy atom. The fraction of sp³-hybridized carbons (Fsp3) is 0.955. The lowest BCUT2D eigenvalue weighted by molar-refractivity contribution is -0.153. The molecule has 1 N–H and O–H groups in total. The summed E-state index contributed by atoms with van der Waals surface area (Å²) < 4.78 is 0. The van der Waals surface area contributed by atoms with Crippen molar-refractivity contribution in [2.75, 3.05) is 0 Å². The van der Waals surface area contributed by atoms with Crippen LogP contribution in [0.2, 0.25) is 0 Å². The van der Waals surface area contributed by atoms with Crippen molar-refractivity contribution in [1.82, 2.24) is 0 Å². The molecule has 4 saturated carbocycles. The van der Waals surface area contributed by atoms with E-state index in [1.165, 1.54) is 51.4 Å². The normalized spacial score (nSPS) is 53.8. The van der Waals surface area contributed by atoms with Crippen LogP contribution in [0.15, 0.2) is 0 Å². The maximum Gasteiger partial charge on any atom is 0.306 e. The van der Waals surface area contributed by atoms with Gasteiger partial charge in [0, 0.05) is 0 Å². The molecule has 0 radical (unpaired) electrons. The van der Waals surface area contributed by atoms with Gasteiger partial charge >= 0.3 is 5.97 Å². The van der Waals surface area contributed by atoms with Gasteiger partial charge in [-0.25, -0.2) is 0 Å². The van der Waals surface area contributed by atoms with E-state index in [-0.39, 0.29) is 11.3 Å². The minimum absolute atomic E-state index is 0.0727. The zero-order chi connectivity index (χ0) is 17.1. The van der Waals surface area contributed by atoms with E-state index in [9.17, 15) is 9.90 Å². The van der Waals surface area contributed by atoms with Crippen LogP contribution in [0.5, 0.6) is 0 Å². The van der Waals surface area contributed by atoms with E-state index < -0.39 is 5.97 Å². The van der Waals surface area contributed by atoms with Crippen molar-refractivity contribution in [3.05, 3.63) is 0 Å². The van der Waals surface area contributed by atoms with Crippen molar-refractivity contribution in [3.8, 4) is 0 Å². The Kier molecular flexibility index (Phi) is 4.05.